The van der Waals surface area contributed by atoms with Crippen LogP contribution < -0.4 is 0 Å². The summed E-state index contributed by atoms with van der Waals surface area (Å²) in [7, 11) is 0. The summed E-state index contributed by atoms with van der Waals surface area (Å²) in [5.41, 5.74) is 1.67. The van der Waals surface area contributed by atoms with Crippen molar-refractivity contribution in [3.63, 3.8) is 0 Å². The molecule has 1 aromatic carbocycles. The SMILES string of the molecule is CCC(C(=O)O)c1cnn(-c2ccccc2)c1. The third-order valence-corrected chi connectivity index (χ3v) is 2.73. The minimum absolute atomic E-state index is 0.479. The first-order chi connectivity index (χ1) is 8.22. The summed E-state index contributed by atoms with van der Waals surface area (Å²) in [5, 5.41) is 13.3. The molecule has 88 valence electrons. The number of hydrogen-bond acceptors (Lipinski definition) is 2. The Bertz CT molecular complexity index is 505. The zero-order valence-corrected chi connectivity index (χ0v) is 9.58. The van der Waals surface area contributed by atoms with E-state index in [1.807, 2.05) is 37.3 Å². The van der Waals surface area contributed by atoms with Crippen LogP contribution in [0.3, 0.4) is 0 Å². The Kier molecular flexibility index (Phi) is 3.23. The van der Waals surface area contributed by atoms with Crippen molar-refractivity contribution in [3.05, 3.63) is 48.3 Å². The first-order valence-corrected chi connectivity index (χ1v) is 5.55. The molecular formula is C13H14N2O2. The molecule has 0 aliphatic carbocycles. The van der Waals surface area contributed by atoms with Crippen LogP contribution in [-0.4, -0.2) is 20.9 Å². The summed E-state index contributed by atoms with van der Waals surface area (Å²) >= 11 is 0. The molecule has 0 aliphatic heterocycles. The minimum Gasteiger partial charge on any atom is -0.481 e. The molecule has 0 bridgehead atoms. The number of carboxylic acid groups (broad SMARTS) is 1. The Morgan fingerprint density at radius 3 is 2.71 bits per heavy atom. The highest BCUT2D eigenvalue weighted by Crippen LogP contribution is 2.20. The zero-order valence-electron chi connectivity index (χ0n) is 9.58. The number of benzene rings is 1. The molecule has 2 rings (SSSR count). The van der Waals surface area contributed by atoms with E-state index in [1.165, 1.54) is 0 Å². The second-order valence-electron chi connectivity index (χ2n) is 3.85. The van der Waals surface area contributed by atoms with Gasteiger partial charge in [-0.05, 0) is 18.6 Å². The lowest BCUT2D eigenvalue weighted by molar-refractivity contribution is -0.138. The maximum Gasteiger partial charge on any atom is 0.311 e. The molecule has 1 unspecified atom stereocenters. The molecule has 2 aromatic rings. The van der Waals surface area contributed by atoms with Crippen molar-refractivity contribution in [3.8, 4) is 5.69 Å². The number of aliphatic carboxylic acids is 1. The van der Waals surface area contributed by atoms with Crippen LogP contribution in [0, 0.1) is 0 Å². The zero-order chi connectivity index (χ0) is 12.3. The largest absolute Gasteiger partial charge is 0.481 e. The molecular weight excluding hydrogens is 216 g/mol. The van der Waals surface area contributed by atoms with Crippen molar-refractivity contribution < 1.29 is 9.90 Å². The van der Waals surface area contributed by atoms with Crippen LogP contribution in [-0.2, 0) is 4.79 Å². The number of rotatable bonds is 4. The molecule has 0 saturated carbocycles. The molecule has 0 radical (unpaired) electrons. The first kappa shape index (κ1) is 11.4. The quantitative estimate of drug-likeness (QED) is 0.877. The van der Waals surface area contributed by atoms with Crippen LogP contribution >= 0.6 is 0 Å². The second kappa shape index (κ2) is 4.82. The average molecular weight is 230 g/mol. The third-order valence-electron chi connectivity index (χ3n) is 2.73. The van der Waals surface area contributed by atoms with Gasteiger partial charge < -0.3 is 5.11 Å². The number of hydrogen-bond donors (Lipinski definition) is 1. The fraction of sp³-hybridized carbons (Fsp3) is 0.231. The maximum absolute atomic E-state index is 11.0. The lowest BCUT2D eigenvalue weighted by Crippen LogP contribution is -2.09. The van der Waals surface area contributed by atoms with Crippen molar-refractivity contribution in [2.75, 3.05) is 0 Å². The van der Waals surface area contributed by atoms with Crippen LogP contribution in [0.25, 0.3) is 5.69 Å². The number of aromatic nitrogens is 2. The summed E-state index contributed by atoms with van der Waals surface area (Å²) in [6, 6.07) is 9.63. The van der Waals surface area contributed by atoms with Crippen LogP contribution in [0.2, 0.25) is 0 Å². The summed E-state index contributed by atoms with van der Waals surface area (Å²) in [5.74, 6) is -1.28. The molecule has 0 saturated heterocycles. The monoisotopic (exact) mass is 230 g/mol. The summed E-state index contributed by atoms with van der Waals surface area (Å²) in [4.78, 5) is 11.0. The Morgan fingerprint density at radius 1 is 1.41 bits per heavy atom. The van der Waals surface area contributed by atoms with Crippen LogP contribution in [0.5, 0.6) is 0 Å². The average Bonchev–Trinajstić information content (AvgIpc) is 2.80. The van der Waals surface area contributed by atoms with Gasteiger partial charge in [-0.2, -0.15) is 5.10 Å². The van der Waals surface area contributed by atoms with Gasteiger partial charge >= 0.3 is 5.97 Å². The standard InChI is InChI=1S/C13H14N2O2/c1-2-12(13(16)17)10-8-14-15(9-10)11-6-4-3-5-7-11/h3-9,12H,2H2,1H3,(H,16,17). The Balaban J connectivity index is 2.30. The minimum atomic E-state index is -0.805. The molecule has 0 aliphatic rings. The van der Waals surface area contributed by atoms with E-state index in [-0.39, 0.29) is 0 Å². The van der Waals surface area contributed by atoms with Gasteiger partial charge in [-0.3, -0.25) is 4.79 Å². The summed E-state index contributed by atoms with van der Waals surface area (Å²) in [6.07, 6.45) is 3.96. The van der Waals surface area contributed by atoms with Crippen LogP contribution in [0.15, 0.2) is 42.7 Å². The van der Waals surface area contributed by atoms with Crippen molar-refractivity contribution >= 4 is 5.97 Å². The number of carboxylic acids is 1. The van der Waals surface area contributed by atoms with E-state index in [2.05, 4.69) is 5.10 Å². The van der Waals surface area contributed by atoms with Crippen molar-refractivity contribution in [2.45, 2.75) is 19.3 Å². The van der Waals surface area contributed by atoms with E-state index < -0.39 is 11.9 Å². The van der Waals surface area contributed by atoms with Gasteiger partial charge in [0, 0.05) is 11.8 Å². The van der Waals surface area contributed by atoms with E-state index in [1.54, 1.807) is 17.1 Å². The predicted molar refractivity (Wildman–Crippen MR) is 64.2 cm³/mol. The number of carbonyl (C=O) groups is 1. The van der Waals surface area contributed by atoms with Crippen molar-refractivity contribution in [2.24, 2.45) is 0 Å². The van der Waals surface area contributed by atoms with Gasteiger partial charge in [-0.15, -0.1) is 0 Å². The normalized spacial score (nSPS) is 12.3. The molecule has 4 nitrogen and oxygen atoms in total. The van der Waals surface area contributed by atoms with Gasteiger partial charge in [0.1, 0.15) is 0 Å². The molecule has 1 atom stereocenters. The Morgan fingerprint density at radius 2 is 2.12 bits per heavy atom. The molecule has 1 aromatic heterocycles. The third kappa shape index (κ3) is 2.36. The summed E-state index contributed by atoms with van der Waals surface area (Å²) in [6.45, 7) is 1.86. The predicted octanol–water partition coefficient (Wildman–Crippen LogP) is 2.45. The van der Waals surface area contributed by atoms with Crippen molar-refractivity contribution in [1.82, 2.24) is 9.78 Å². The highest BCUT2D eigenvalue weighted by Gasteiger charge is 2.19. The van der Waals surface area contributed by atoms with Crippen LogP contribution in [0.1, 0.15) is 24.8 Å². The smallest absolute Gasteiger partial charge is 0.311 e. The highest BCUT2D eigenvalue weighted by molar-refractivity contribution is 5.75. The number of para-hydroxylation sites is 1. The fourth-order valence-corrected chi connectivity index (χ4v) is 1.79. The molecule has 0 amide bonds. The lowest BCUT2D eigenvalue weighted by Gasteiger charge is -2.05. The molecule has 0 fully saturated rings. The van der Waals surface area contributed by atoms with E-state index >= 15 is 0 Å². The van der Waals surface area contributed by atoms with Gasteiger partial charge in [0.2, 0.25) is 0 Å². The van der Waals surface area contributed by atoms with Crippen LogP contribution in [0.4, 0.5) is 0 Å². The number of nitrogens with zero attached hydrogens (tertiary/aromatic N) is 2. The van der Waals surface area contributed by atoms with Crippen molar-refractivity contribution in [1.29, 1.82) is 0 Å². The maximum atomic E-state index is 11.0. The topological polar surface area (TPSA) is 55.1 Å². The van der Waals surface area contributed by atoms with Gasteiger partial charge in [0.05, 0.1) is 17.8 Å². The van der Waals surface area contributed by atoms with Gasteiger partial charge in [-0.1, -0.05) is 25.1 Å². The van der Waals surface area contributed by atoms with E-state index in [4.69, 9.17) is 5.11 Å². The molecule has 0 spiro atoms. The molecule has 1 N–H and O–H groups in total. The molecule has 4 heteroatoms. The fourth-order valence-electron chi connectivity index (χ4n) is 1.79. The van der Waals surface area contributed by atoms with E-state index in [9.17, 15) is 4.79 Å². The van der Waals surface area contributed by atoms with E-state index in [0.717, 1.165) is 11.3 Å². The van der Waals surface area contributed by atoms with Gasteiger partial charge in [-0.25, -0.2) is 4.68 Å². The summed E-state index contributed by atoms with van der Waals surface area (Å²) < 4.78 is 1.70. The Labute approximate surface area is 99.5 Å². The lowest BCUT2D eigenvalue weighted by atomic mass is 10.0. The molecule has 1 heterocycles. The van der Waals surface area contributed by atoms with Gasteiger partial charge in [0.25, 0.3) is 0 Å². The molecule has 17 heavy (non-hydrogen) atoms. The highest BCUT2D eigenvalue weighted by atomic mass is 16.4. The van der Waals surface area contributed by atoms with E-state index in [0.29, 0.717) is 6.42 Å². The first-order valence-electron chi connectivity index (χ1n) is 5.55. The Hall–Kier alpha value is -2.10. The van der Waals surface area contributed by atoms with Gasteiger partial charge in [0.15, 0.2) is 0 Å². The second-order valence-corrected chi connectivity index (χ2v) is 3.85.